The number of carboxylic acid groups (broad SMARTS) is 1. The Morgan fingerprint density at radius 3 is 2.71 bits per heavy atom. The molecule has 2 heterocycles. The second kappa shape index (κ2) is 6.64. The lowest BCUT2D eigenvalue weighted by Gasteiger charge is -2.20. The lowest BCUT2D eigenvalue weighted by molar-refractivity contribution is -0.141. The van der Waals surface area contributed by atoms with E-state index in [0.29, 0.717) is 24.2 Å². The van der Waals surface area contributed by atoms with Gasteiger partial charge in [0.05, 0.1) is 11.9 Å². The fourth-order valence-corrected chi connectivity index (χ4v) is 4.71. The second-order valence-electron chi connectivity index (χ2n) is 6.59. The number of carboxylic acids is 1. The molecule has 0 saturated carbocycles. The van der Waals surface area contributed by atoms with Crippen LogP contribution in [0.15, 0.2) is 4.79 Å². The van der Waals surface area contributed by atoms with Crippen LogP contribution in [-0.4, -0.2) is 39.6 Å². The van der Waals surface area contributed by atoms with Crippen molar-refractivity contribution in [2.45, 2.75) is 51.6 Å². The topological polar surface area (TPSA) is 75.4 Å². The smallest absolute Gasteiger partial charge is 0.326 e. The molecule has 3 rings (SSSR count). The van der Waals surface area contributed by atoms with Crippen LogP contribution in [-0.2, 0) is 24.2 Å². The molecular formula is C17H23N3O3S. The SMILES string of the molecule is CCC(C(=O)O)n1c(CN(C)C)nc2sc3c(c2c1=O)CCCC3. The number of carbonyl (C=O) groups is 1. The minimum absolute atomic E-state index is 0.189. The standard InChI is InChI=1S/C17H23N3O3S/c1-4-11(17(22)23)20-13(9-19(2)3)18-15-14(16(20)21)10-7-5-6-8-12(10)24-15/h11H,4-9H2,1-3H3,(H,22,23). The molecule has 1 aliphatic rings. The number of thiophene rings is 1. The van der Waals surface area contributed by atoms with Crippen LogP contribution in [0.5, 0.6) is 0 Å². The van der Waals surface area contributed by atoms with Crippen LogP contribution >= 0.6 is 11.3 Å². The molecule has 0 aromatic carbocycles. The molecule has 1 aliphatic carbocycles. The number of hydrogen-bond donors (Lipinski definition) is 1. The van der Waals surface area contributed by atoms with E-state index in [9.17, 15) is 14.7 Å². The molecule has 0 radical (unpaired) electrons. The van der Waals surface area contributed by atoms with Gasteiger partial charge in [-0.05, 0) is 51.8 Å². The summed E-state index contributed by atoms with van der Waals surface area (Å²) < 4.78 is 1.41. The largest absolute Gasteiger partial charge is 0.480 e. The number of hydrogen-bond acceptors (Lipinski definition) is 5. The molecule has 0 fully saturated rings. The monoisotopic (exact) mass is 349 g/mol. The minimum atomic E-state index is -0.982. The average molecular weight is 349 g/mol. The van der Waals surface area contributed by atoms with E-state index < -0.39 is 12.0 Å². The zero-order valence-electron chi connectivity index (χ0n) is 14.3. The van der Waals surface area contributed by atoms with Gasteiger partial charge in [-0.3, -0.25) is 9.36 Å². The highest BCUT2D eigenvalue weighted by atomic mass is 32.1. The van der Waals surface area contributed by atoms with Crippen molar-refractivity contribution < 1.29 is 9.90 Å². The van der Waals surface area contributed by atoms with Gasteiger partial charge in [-0.15, -0.1) is 11.3 Å². The van der Waals surface area contributed by atoms with Crippen LogP contribution in [0, 0.1) is 0 Å². The molecule has 24 heavy (non-hydrogen) atoms. The van der Waals surface area contributed by atoms with E-state index in [1.54, 1.807) is 18.3 Å². The van der Waals surface area contributed by atoms with Gasteiger partial charge in [0, 0.05) is 4.88 Å². The van der Waals surface area contributed by atoms with E-state index >= 15 is 0 Å². The van der Waals surface area contributed by atoms with Crippen LogP contribution in [0.4, 0.5) is 0 Å². The van der Waals surface area contributed by atoms with E-state index in [2.05, 4.69) is 0 Å². The van der Waals surface area contributed by atoms with Gasteiger partial charge >= 0.3 is 5.97 Å². The third-order valence-electron chi connectivity index (χ3n) is 4.54. The normalized spacial score (nSPS) is 15.7. The first-order valence-corrected chi connectivity index (χ1v) is 9.18. The quantitative estimate of drug-likeness (QED) is 0.897. The summed E-state index contributed by atoms with van der Waals surface area (Å²) in [7, 11) is 3.78. The van der Waals surface area contributed by atoms with Crippen molar-refractivity contribution in [3.63, 3.8) is 0 Å². The highest BCUT2D eigenvalue weighted by Gasteiger charge is 2.27. The molecule has 0 amide bonds. The fraction of sp³-hybridized carbons (Fsp3) is 0.588. The Hall–Kier alpha value is -1.73. The molecule has 7 heteroatoms. The van der Waals surface area contributed by atoms with Gasteiger partial charge in [0.1, 0.15) is 16.7 Å². The van der Waals surface area contributed by atoms with Gasteiger partial charge in [0.15, 0.2) is 0 Å². The molecule has 0 aliphatic heterocycles. The Labute approximate surface area is 144 Å². The van der Waals surface area contributed by atoms with Crippen molar-refractivity contribution >= 4 is 27.5 Å². The molecule has 2 aromatic rings. The highest BCUT2D eigenvalue weighted by molar-refractivity contribution is 7.18. The Kier molecular flexibility index (Phi) is 4.73. The summed E-state index contributed by atoms with van der Waals surface area (Å²) >= 11 is 1.60. The Bertz CT molecular complexity index is 838. The molecule has 130 valence electrons. The van der Waals surface area contributed by atoms with Gasteiger partial charge in [-0.25, -0.2) is 9.78 Å². The lowest BCUT2D eigenvalue weighted by atomic mass is 9.97. The number of nitrogens with zero attached hydrogens (tertiary/aromatic N) is 3. The van der Waals surface area contributed by atoms with Crippen molar-refractivity contribution in [2.75, 3.05) is 14.1 Å². The molecule has 6 nitrogen and oxygen atoms in total. The van der Waals surface area contributed by atoms with E-state index in [4.69, 9.17) is 4.98 Å². The van der Waals surface area contributed by atoms with Crippen molar-refractivity contribution in [1.29, 1.82) is 0 Å². The van der Waals surface area contributed by atoms with Crippen LogP contribution < -0.4 is 5.56 Å². The molecule has 0 bridgehead atoms. The predicted molar refractivity (Wildman–Crippen MR) is 94.9 cm³/mol. The van der Waals surface area contributed by atoms with E-state index in [-0.39, 0.29) is 5.56 Å². The molecular weight excluding hydrogens is 326 g/mol. The molecule has 2 aromatic heterocycles. The van der Waals surface area contributed by atoms with Gasteiger partial charge in [-0.1, -0.05) is 6.92 Å². The van der Waals surface area contributed by atoms with Crippen molar-refractivity contribution in [3.8, 4) is 0 Å². The summed E-state index contributed by atoms with van der Waals surface area (Å²) in [6.45, 7) is 2.23. The molecule has 0 spiro atoms. The van der Waals surface area contributed by atoms with Crippen molar-refractivity contribution in [3.05, 3.63) is 26.6 Å². The first-order chi connectivity index (χ1) is 11.4. The Balaban J connectivity index is 2.31. The first-order valence-electron chi connectivity index (χ1n) is 8.37. The first kappa shape index (κ1) is 17.1. The summed E-state index contributed by atoms with van der Waals surface area (Å²) in [5.41, 5.74) is 0.912. The minimum Gasteiger partial charge on any atom is -0.480 e. The molecule has 1 N–H and O–H groups in total. The number of rotatable bonds is 5. The van der Waals surface area contributed by atoms with Crippen LogP contribution in [0.3, 0.4) is 0 Å². The second-order valence-corrected chi connectivity index (χ2v) is 7.68. The average Bonchev–Trinajstić information content (AvgIpc) is 2.88. The van der Waals surface area contributed by atoms with Crippen molar-refractivity contribution in [1.82, 2.24) is 14.5 Å². The van der Waals surface area contributed by atoms with Crippen LogP contribution in [0.2, 0.25) is 0 Å². The van der Waals surface area contributed by atoms with Crippen LogP contribution in [0.25, 0.3) is 10.2 Å². The highest BCUT2D eigenvalue weighted by Crippen LogP contribution is 2.34. The zero-order chi connectivity index (χ0) is 17.4. The number of aromatic nitrogens is 2. The van der Waals surface area contributed by atoms with Gasteiger partial charge in [0.2, 0.25) is 0 Å². The Morgan fingerprint density at radius 1 is 1.38 bits per heavy atom. The summed E-state index contributed by atoms with van der Waals surface area (Å²) in [6, 6.07) is -0.872. The summed E-state index contributed by atoms with van der Waals surface area (Å²) in [5, 5.41) is 10.2. The third-order valence-corrected chi connectivity index (χ3v) is 5.72. The molecule has 1 atom stereocenters. The van der Waals surface area contributed by atoms with Crippen LogP contribution in [0.1, 0.15) is 48.5 Å². The van der Waals surface area contributed by atoms with E-state index in [1.165, 1.54) is 9.44 Å². The fourth-order valence-electron chi connectivity index (χ4n) is 3.44. The molecule has 1 unspecified atom stereocenters. The third kappa shape index (κ3) is 2.86. The summed E-state index contributed by atoms with van der Waals surface area (Å²) in [5.74, 6) is -0.449. The van der Waals surface area contributed by atoms with E-state index in [1.807, 2.05) is 19.0 Å². The summed E-state index contributed by atoms with van der Waals surface area (Å²) in [4.78, 5) is 33.5. The maximum Gasteiger partial charge on any atom is 0.326 e. The predicted octanol–water partition coefficient (Wildman–Crippen LogP) is 2.43. The lowest BCUT2D eigenvalue weighted by Crippen LogP contribution is -2.34. The van der Waals surface area contributed by atoms with Gasteiger partial charge < -0.3 is 10.0 Å². The summed E-state index contributed by atoms with van der Waals surface area (Å²) in [6.07, 6.45) is 4.46. The van der Waals surface area contributed by atoms with E-state index in [0.717, 1.165) is 36.1 Å². The maximum atomic E-state index is 13.2. The zero-order valence-corrected chi connectivity index (χ0v) is 15.2. The number of aryl methyl sites for hydroxylation is 2. The maximum absolute atomic E-state index is 13.2. The number of fused-ring (bicyclic) bond motifs is 3. The van der Waals surface area contributed by atoms with Gasteiger partial charge in [0.25, 0.3) is 5.56 Å². The van der Waals surface area contributed by atoms with Gasteiger partial charge in [-0.2, -0.15) is 0 Å². The van der Waals surface area contributed by atoms with Crippen molar-refractivity contribution in [2.24, 2.45) is 0 Å². The Morgan fingerprint density at radius 2 is 2.08 bits per heavy atom. The molecule has 0 saturated heterocycles. The number of aliphatic carboxylic acids is 1.